The lowest BCUT2D eigenvalue weighted by atomic mass is 10.00. The summed E-state index contributed by atoms with van der Waals surface area (Å²) >= 11 is 0. The lowest BCUT2D eigenvalue weighted by molar-refractivity contribution is -0.129. The Morgan fingerprint density at radius 3 is 2.76 bits per heavy atom. The average molecular weight is 296 g/mol. The van der Waals surface area contributed by atoms with E-state index in [4.69, 9.17) is 0 Å². The molecule has 0 aromatic heterocycles. The standard InChI is InChI=1S/C15H18F2N2O2/c1-3-13-15(21)18-6-7-19(13)9(2)14(20)10-4-5-11(16)12(17)8-10/h4-5,8-9,13H,3,6-7H2,1-2H3,(H,18,21). The molecule has 21 heavy (non-hydrogen) atoms. The third kappa shape index (κ3) is 3.10. The van der Waals surface area contributed by atoms with E-state index in [1.54, 1.807) is 6.92 Å². The van der Waals surface area contributed by atoms with Gasteiger partial charge in [-0.25, -0.2) is 8.78 Å². The first-order valence-electron chi connectivity index (χ1n) is 6.98. The smallest absolute Gasteiger partial charge is 0.237 e. The molecule has 0 spiro atoms. The highest BCUT2D eigenvalue weighted by Gasteiger charge is 2.34. The first-order chi connectivity index (χ1) is 9.95. The van der Waals surface area contributed by atoms with Crippen molar-refractivity contribution < 1.29 is 18.4 Å². The number of hydrogen-bond acceptors (Lipinski definition) is 3. The molecule has 1 aliphatic rings. The van der Waals surface area contributed by atoms with E-state index in [0.29, 0.717) is 19.5 Å². The number of rotatable bonds is 4. The van der Waals surface area contributed by atoms with Gasteiger partial charge in [0, 0.05) is 18.7 Å². The Hall–Kier alpha value is -1.82. The van der Waals surface area contributed by atoms with Crippen molar-refractivity contribution in [2.45, 2.75) is 32.4 Å². The number of nitrogens with one attached hydrogen (secondary N) is 1. The SMILES string of the molecule is CCC1C(=O)NCCN1C(C)C(=O)c1ccc(F)c(F)c1. The summed E-state index contributed by atoms with van der Waals surface area (Å²) in [4.78, 5) is 26.0. The molecule has 1 saturated heterocycles. The maximum Gasteiger partial charge on any atom is 0.237 e. The highest BCUT2D eigenvalue weighted by molar-refractivity contribution is 6.00. The molecule has 1 aromatic rings. The Kier molecular flexibility index (Phi) is 4.67. The Morgan fingerprint density at radius 1 is 1.43 bits per heavy atom. The van der Waals surface area contributed by atoms with Gasteiger partial charge in [0.25, 0.3) is 0 Å². The van der Waals surface area contributed by atoms with Crippen LogP contribution in [-0.2, 0) is 4.79 Å². The summed E-state index contributed by atoms with van der Waals surface area (Å²) in [7, 11) is 0. The zero-order valence-electron chi connectivity index (χ0n) is 12.0. The minimum Gasteiger partial charge on any atom is -0.353 e. The molecule has 1 aromatic carbocycles. The predicted octanol–water partition coefficient (Wildman–Crippen LogP) is 1.75. The molecule has 1 aliphatic heterocycles. The lowest BCUT2D eigenvalue weighted by Gasteiger charge is -2.38. The summed E-state index contributed by atoms with van der Waals surface area (Å²) in [5.74, 6) is -2.45. The molecule has 2 atom stereocenters. The van der Waals surface area contributed by atoms with Crippen molar-refractivity contribution >= 4 is 11.7 Å². The summed E-state index contributed by atoms with van der Waals surface area (Å²) in [5.41, 5.74) is 0.113. The lowest BCUT2D eigenvalue weighted by Crippen LogP contribution is -2.59. The molecule has 6 heteroatoms. The number of Topliss-reactive ketones (excluding diaryl/α,β-unsaturated/α-hetero) is 1. The predicted molar refractivity (Wildman–Crippen MR) is 73.9 cm³/mol. The van der Waals surface area contributed by atoms with E-state index >= 15 is 0 Å². The van der Waals surface area contributed by atoms with Crippen LogP contribution >= 0.6 is 0 Å². The number of piperazine rings is 1. The average Bonchev–Trinajstić information content (AvgIpc) is 2.48. The number of nitrogens with zero attached hydrogens (tertiary/aromatic N) is 1. The molecule has 1 amide bonds. The van der Waals surface area contributed by atoms with Crippen molar-refractivity contribution in [2.75, 3.05) is 13.1 Å². The zero-order valence-corrected chi connectivity index (χ0v) is 12.0. The Morgan fingerprint density at radius 2 is 2.14 bits per heavy atom. The van der Waals surface area contributed by atoms with E-state index in [1.165, 1.54) is 6.07 Å². The molecular weight excluding hydrogens is 278 g/mol. The van der Waals surface area contributed by atoms with Crippen LogP contribution in [0.2, 0.25) is 0 Å². The Labute approximate surface area is 122 Å². The number of carbonyl (C=O) groups excluding carboxylic acids is 2. The molecule has 0 aliphatic carbocycles. The highest BCUT2D eigenvalue weighted by atomic mass is 19.2. The van der Waals surface area contributed by atoms with Crippen molar-refractivity contribution in [3.8, 4) is 0 Å². The number of hydrogen-bond donors (Lipinski definition) is 1. The second-order valence-electron chi connectivity index (χ2n) is 5.12. The molecule has 2 rings (SSSR count). The number of ketones is 1. The van der Waals surface area contributed by atoms with Gasteiger partial charge in [-0.15, -0.1) is 0 Å². The minimum absolute atomic E-state index is 0.103. The van der Waals surface area contributed by atoms with Gasteiger partial charge < -0.3 is 5.32 Å². The monoisotopic (exact) mass is 296 g/mol. The third-order valence-corrected chi connectivity index (χ3v) is 3.84. The fourth-order valence-corrected chi connectivity index (χ4v) is 2.66. The summed E-state index contributed by atoms with van der Waals surface area (Å²) in [5, 5.41) is 2.76. The van der Waals surface area contributed by atoms with Gasteiger partial charge in [-0.3, -0.25) is 14.5 Å². The molecule has 4 nitrogen and oxygen atoms in total. The van der Waals surface area contributed by atoms with E-state index in [9.17, 15) is 18.4 Å². The van der Waals surface area contributed by atoms with Crippen LogP contribution in [-0.4, -0.2) is 41.8 Å². The van der Waals surface area contributed by atoms with Crippen LogP contribution in [0.3, 0.4) is 0 Å². The summed E-state index contributed by atoms with van der Waals surface area (Å²) < 4.78 is 26.2. The van der Waals surface area contributed by atoms with Gasteiger partial charge in [0.15, 0.2) is 17.4 Å². The molecule has 1 fully saturated rings. The molecule has 0 radical (unpaired) electrons. The first-order valence-corrected chi connectivity index (χ1v) is 6.98. The Balaban J connectivity index is 2.21. The number of amides is 1. The summed E-state index contributed by atoms with van der Waals surface area (Å²) in [6, 6.07) is 2.17. The van der Waals surface area contributed by atoms with Crippen LogP contribution in [0.25, 0.3) is 0 Å². The fourth-order valence-electron chi connectivity index (χ4n) is 2.66. The quantitative estimate of drug-likeness (QED) is 0.861. The fraction of sp³-hybridized carbons (Fsp3) is 0.467. The molecule has 0 saturated carbocycles. The van der Waals surface area contributed by atoms with Gasteiger partial charge >= 0.3 is 0 Å². The topological polar surface area (TPSA) is 49.4 Å². The van der Waals surface area contributed by atoms with Crippen molar-refractivity contribution in [2.24, 2.45) is 0 Å². The normalized spacial score (nSPS) is 21.0. The maximum atomic E-state index is 13.2. The molecule has 2 unspecified atom stereocenters. The molecule has 0 bridgehead atoms. The van der Waals surface area contributed by atoms with Crippen LogP contribution < -0.4 is 5.32 Å². The second-order valence-corrected chi connectivity index (χ2v) is 5.12. The van der Waals surface area contributed by atoms with E-state index in [2.05, 4.69) is 5.32 Å². The van der Waals surface area contributed by atoms with Gasteiger partial charge in [0.2, 0.25) is 5.91 Å². The van der Waals surface area contributed by atoms with Crippen molar-refractivity contribution in [1.29, 1.82) is 0 Å². The largest absolute Gasteiger partial charge is 0.353 e. The van der Waals surface area contributed by atoms with Gasteiger partial charge in [-0.2, -0.15) is 0 Å². The van der Waals surface area contributed by atoms with E-state index in [-0.39, 0.29) is 23.3 Å². The summed E-state index contributed by atoms with van der Waals surface area (Å²) in [6.45, 7) is 4.59. The number of benzene rings is 1. The number of halogens is 2. The van der Waals surface area contributed by atoms with Crippen molar-refractivity contribution in [3.05, 3.63) is 35.4 Å². The third-order valence-electron chi connectivity index (χ3n) is 3.84. The van der Waals surface area contributed by atoms with E-state index < -0.39 is 17.7 Å². The van der Waals surface area contributed by atoms with Crippen LogP contribution in [0.5, 0.6) is 0 Å². The summed E-state index contributed by atoms with van der Waals surface area (Å²) in [6.07, 6.45) is 0.585. The molecule has 114 valence electrons. The Bertz CT molecular complexity index is 563. The maximum absolute atomic E-state index is 13.2. The van der Waals surface area contributed by atoms with E-state index in [0.717, 1.165) is 12.1 Å². The first kappa shape index (κ1) is 15.6. The van der Waals surface area contributed by atoms with Crippen LogP contribution in [0.15, 0.2) is 18.2 Å². The van der Waals surface area contributed by atoms with Gasteiger partial charge in [-0.1, -0.05) is 6.92 Å². The van der Waals surface area contributed by atoms with Gasteiger partial charge in [-0.05, 0) is 31.5 Å². The zero-order chi connectivity index (χ0) is 15.6. The molecule has 1 N–H and O–H groups in total. The van der Waals surface area contributed by atoms with Crippen molar-refractivity contribution in [3.63, 3.8) is 0 Å². The van der Waals surface area contributed by atoms with Gasteiger partial charge in [0.05, 0.1) is 12.1 Å². The van der Waals surface area contributed by atoms with Crippen LogP contribution in [0.4, 0.5) is 8.78 Å². The van der Waals surface area contributed by atoms with Crippen LogP contribution in [0.1, 0.15) is 30.6 Å². The number of carbonyl (C=O) groups is 2. The minimum atomic E-state index is -1.04. The van der Waals surface area contributed by atoms with Gasteiger partial charge in [0.1, 0.15) is 0 Å². The molecular formula is C15H18F2N2O2. The highest BCUT2D eigenvalue weighted by Crippen LogP contribution is 2.17. The van der Waals surface area contributed by atoms with Crippen LogP contribution in [0, 0.1) is 11.6 Å². The van der Waals surface area contributed by atoms with E-state index in [1.807, 2.05) is 11.8 Å². The van der Waals surface area contributed by atoms with Crippen molar-refractivity contribution in [1.82, 2.24) is 10.2 Å². The molecule has 1 heterocycles. The second kappa shape index (κ2) is 6.30.